The highest BCUT2D eigenvalue weighted by atomic mass is 32.2. The van der Waals surface area contributed by atoms with Crippen molar-refractivity contribution < 1.29 is 22.7 Å². The predicted molar refractivity (Wildman–Crippen MR) is 119 cm³/mol. The normalized spacial score (nSPS) is 12.7. The molecule has 30 heavy (non-hydrogen) atoms. The van der Waals surface area contributed by atoms with Gasteiger partial charge in [-0.15, -0.1) is 0 Å². The molecule has 8 heteroatoms. The molecular formula is C22H30N2O5S. The number of hydrogen-bond acceptors (Lipinski definition) is 5. The number of sulfonamides is 1. The number of nitrogens with zero attached hydrogens (tertiary/aromatic N) is 1. The van der Waals surface area contributed by atoms with E-state index in [2.05, 4.69) is 5.32 Å². The van der Waals surface area contributed by atoms with Gasteiger partial charge in [0.15, 0.2) is 11.5 Å². The molecule has 7 nitrogen and oxygen atoms in total. The lowest BCUT2D eigenvalue weighted by Crippen LogP contribution is -2.54. The highest BCUT2D eigenvalue weighted by Gasteiger charge is 2.32. The Labute approximate surface area is 179 Å². The average Bonchev–Trinajstić information content (AvgIpc) is 2.66. The van der Waals surface area contributed by atoms with E-state index in [0.717, 1.165) is 16.1 Å². The fourth-order valence-corrected chi connectivity index (χ4v) is 4.53. The molecule has 0 aliphatic carbocycles. The molecule has 0 spiro atoms. The molecule has 1 amide bonds. The second-order valence-electron chi connectivity index (χ2n) is 7.81. The van der Waals surface area contributed by atoms with Gasteiger partial charge in [0.25, 0.3) is 0 Å². The highest BCUT2D eigenvalue weighted by molar-refractivity contribution is 7.92. The molecule has 2 aromatic carbocycles. The number of ether oxygens (including phenoxy) is 2. The molecule has 0 aromatic heterocycles. The van der Waals surface area contributed by atoms with Gasteiger partial charge in [-0.05, 0) is 44.9 Å². The zero-order chi connectivity index (χ0) is 22.5. The van der Waals surface area contributed by atoms with Crippen molar-refractivity contribution in [1.29, 1.82) is 0 Å². The molecule has 0 unspecified atom stereocenters. The number of hydrogen-bond donors (Lipinski definition) is 1. The van der Waals surface area contributed by atoms with Crippen LogP contribution in [0, 0.1) is 0 Å². The van der Waals surface area contributed by atoms with Crippen LogP contribution in [0.15, 0.2) is 48.5 Å². The first-order chi connectivity index (χ1) is 14.0. The fourth-order valence-electron chi connectivity index (χ4n) is 3.36. The third-order valence-corrected chi connectivity index (χ3v) is 5.90. The lowest BCUT2D eigenvalue weighted by Gasteiger charge is -2.33. The third-order valence-electron chi connectivity index (χ3n) is 4.66. The molecule has 2 rings (SSSR count). The summed E-state index contributed by atoms with van der Waals surface area (Å²) in [4.78, 5) is 13.0. The van der Waals surface area contributed by atoms with Crippen LogP contribution in [0.4, 0.5) is 5.69 Å². The summed E-state index contributed by atoms with van der Waals surface area (Å²) in [6, 6.07) is 13.6. The van der Waals surface area contributed by atoms with Crippen LogP contribution in [-0.4, -0.2) is 46.4 Å². The largest absolute Gasteiger partial charge is 0.493 e. The molecule has 1 N–H and O–H groups in total. The van der Waals surface area contributed by atoms with Crippen molar-refractivity contribution in [2.75, 3.05) is 24.8 Å². The number of nitrogens with one attached hydrogen (secondary N) is 1. The molecule has 0 fully saturated rings. The van der Waals surface area contributed by atoms with Gasteiger partial charge in [-0.25, -0.2) is 8.42 Å². The molecule has 0 radical (unpaired) electrons. The summed E-state index contributed by atoms with van der Waals surface area (Å²) in [6.07, 6.45) is 1.68. The summed E-state index contributed by atoms with van der Waals surface area (Å²) in [7, 11) is -0.781. The minimum atomic E-state index is -3.75. The molecule has 0 aliphatic heterocycles. The zero-order valence-electron chi connectivity index (χ0n) is 18.3. The van der Waals surface area contributed by atoms with Crippen LogP contribution < -0.4 is 19.1 Å². The van der Waals surface area contributed by atoms with Gasteiger partial charge in [0.2, 0.25) is 15.9 Å². The van der Waals surface area contributed by atoms with Gasteiger partial charge in [0, 0.05) is 11.6 Å². The van der Waals surface area contributed by atoms with Crippen molar-refractivity contribution in [3.8, 4) is 11.5 Å². The van der Waals surface area contributed by atoms with E-state index in [0.29, 0.717) is 23.6 Å². The van der Waals surface area contributed by atoms with Gasteiger partial charge in [0.05, 0.1) is 26.2 Å². The Hall–Kier alpha value is -2.74. The highest BCUT2D eigenvalue weighted by Crippen LogP contribution is 2.33. The first kappa shape index (κ1) is 23.5. The molecule has 1 atom stereocenters. The number of rotatable bonds is 9. The van der Waals surface area contributed by atoms with Crippen LogP contribution in [0.3, 0.4) is 0 Å². The van der Waals surface area contributed by atoms with Crippen molar-refractivity contribution in [2.24, 2.45) is 0 Å². The minimum absolute atomic E-state index is 0.318. The summed E-state index contributed by atoms with van der Waals surface area (Å²) in [5.74, 6) is 0.451. The Morgan fingerprint density at radius 2 is 1.67 bits per heavy atom. The van der Waals surface area contributed by atoms with Gasteiger partial charge in [-0.3, -0.25) is 9.10 Å². The van der Waals surface area contributed by atoms with E-state index < -0.39 is 27.5 Å². The first-order valence-electron chi connectivity index (χ1n) is 9.56. The molecule has 0 saturated heterocycles. The van der Waals surface area contributed by atoms with Crippen molar-refractivity contribution >= 4 is 21.6 Å². The maximum Gasteiger partial charge on any atom is 0.244 e. The molecule has 0 saturated carbocycles. The van der Waals surface area contributed by atoms with Crippen LogP contribution in [0.2, 0.25) is 0 Å². The van der Waals surface area contributed by atoms with Gasteiger partial charge < -0.3 is 14.8 Å². The third kappa shape index (κ3) is 5.89. The van der Waals surface area contributed by atoms with Gasteiger partial charge >= 0.3 is 0 Å². The van der Waals surface area contributed by atoms with Crippen LogP contribution in [0.25, 0.3) is 0 Å². The topological polar surface area (TPSA) is 84.9 Å². The van der Waals surface area contributed by atoms with E-state index >= 15 is 0 Å². The Bertz CT molecular complexity index is 974. The summed E-state index contributed by atoms with van der Waals surface area (Å²) < 4.78 is 36.7. The lowest BCUT2D eigenvalue weighted by atomic mass is 9.94. The van der Waals surface area contributed by atoms with Crippen LogP contribution >= 0.6 is 0 Å². The van der Waals surface area contributed by atoms with Crippen molar-refractivity contribution in [1.82, 2.24) is 5.32 Å². The van der Waals surface area contributed by atoms with Crippen LogP contribution in [0.5, 0.6) is 11.5 Å². The van der Waals surface area contributed by atoms with Crippen molar-refractivity contribution in [2.45, 2.75) is 38.8 Å². The molecule has 164 valence electrons. The Morgan fingerprint density at radius 1 is 1.07 bits per heavy atom. The van der Waals surface area contributed by atoms with E-state index in [1.165, 1.54) is 14.2 Å². The Kier molecular flexibility index (Phi) is 7.36. The Morgan fingerprint density at radius 3 is 2.20 bits per heavy atom. The number of amides is 1. The number of benzene rings is 2. The van der Waals surface area contributed by atoms with E-state index in [1.54, 1.807) is 25.1 Å². The molecule has 0 aliphatic rings. The van der Waals surface area contributed by atoms with Crippen LogP contribution in [-0.2, 0) is 21.2 Å². The maximum absolute atomic E-state index is 13.0. The standard InChI is InChI=1S/C22H30N2O5S/c1-16(21(25)23-22(2,3)15-17-10-8-7-9-11-17)24(30(6,26)27)18-12-13-19(28-4)20(14-18)29-5/h7-14,16H,15H2,1-6H3,(H,23,25)/t16-/m1/s1. The molecule has 0 bridgehead atoms. The Balaban J connectivity index is 2.29. The molecular weight excluding hydrogens is 404 g/mol. The second kappa shape index (κ2) is 9.38. The summed E-state index contributed by atoms with van der Waals surface area (Å²) in [6.45, 7) is 5.38. The number of anilines is 1. The lowest BCUT2D eigenvalue weighted by molar-refractivity contribution is -0.123. The molecule has 2 aromatic rings. The van der Waals surface area contributed by atoms with Gasteiger partial charge in [-0.1, -0.05) is 30.3 Å². The van der Waals surface area contributed by atoms with Crippen LogP contribution in [0.1, 0.15) is 26.3 Å². The van der Waals surface area contributed by atoms with E-state index in [1.807, 2.05) is 44.2 Å². The van der Waals surface area contributed by atoms with E-state index in [-0.39, 0.29) is 0 Å². The second-order valence-corrected chi connectivity index (χ2v) is 9.67. The first-order valence-corrected chi connectivity index (χ1v) is 11.4. The maximum atomic E-state index is 13.0. The summed E-state index contributed by atoms with van der Waals surface area (Å²) >= 11 is 0. The van der Waals surface area contributed by atoms with E-state index in [9.17, 15) is 13.2 Å². The SMILES string of the molecule is COc1ccc(N([C@H](C)C(=O)NC(C)(C)Cc2ccccc2)S(C)(=O)=O)cc1OC. The number of carbonyl (C=O) groups excluding carboxylic acids is 1. The van der Waals surface area contributed by atoms with Gasteiger partial charge in [-0.2, -0.15) is 0 Å². The minimum Gasteiger partial charge on any atom is -0.493 e. The van der Waals surface area contributed by atoms with Crippen molar-refractivity contribution in [3.63, 3.8) is 0 Å². The fraction of sp³-hybridized carbons (Fsp3) is 0.409. The predicted octanol–water partition coefficient (Wildman–Crippen LogP) is 3.00. The van der Waals surface area contributed by atoms with Gasteiger partial charge in [0.1, 0.15) is 6.04 Å². The number of methoxy groups -OCH3 is 2. The molecule has 0 heterocycles. The zero-order valence-corrected chi connectivity index (χ0v) is 19.1. The summed E-state index contributed by atoms with van der Waals surface area (Å²) in [5.41, 5.74) is 0.835. The average molecular weight is 435 g/mol. The van der Waals surface area contributed by atoms with Crippen molar-refractivity contribution in [3.05, 3.63) is 54.1 Å². The number of carbonyl (C=O) groups is 1. The quantitative estimate of drug-likeness (QED) is 0.656. The van der Waals surface area contributed by atoms with E-state index in [4.69, 9.17) is 9.47 Å². The smallest absolute Gasteiger partial charge is 0.244 e. The monoisotopic (exact) mass is 434 g/mol. The summed E-state index contributed by atoms with van der Waals surface area (Å²) in [5, 5.41) is 2.98.